The van der Waals surface area contributed by atoms with Gasteiger partial charge in [-0.05, 0) is 24.6 Å². The molecule has 82 valence electrons. The first kappa shape index (κ1) is 10.2. The van der Waals surface area contributed by atoms with Crippen molar-refractivity contribution in [3.05, 3.63) is 23.5 Å². The fourth-order valence-corrected chi connectivity index (χ4v) is 1.48. The molecular formula is C11H14FNO2. The standard InChI is InChI=1S/C11H14FNO2/c1-7-3-9(12)11(10(4-7)14-2)15-8-5-13-6-8/h3-4,8,13H,5-6H2,1-2H3. The van der Waals surface area contributed by atoms with Crippen LogP contribution in [0.1, 0.15) is 5.56 Å². The van der Waals surface area contributed by atoms with Crippen LogP contribution in [0, 0.1) is 12.7 Å². The predicted octanol–water partition coefficient (Wildman–Crippen LogP) is 1.49. The molecule has 0 bridgehead atoms. The average molecular weight is 211 g/mol. The first-order valence-electron chi connectivity index (χ1n) is 4.92. The largest absolute Gasteiger partial charge is 0.493 e. The molecule has 1 heterocycles. The number of rotatable bonds is 3. The third-order valence-corrected chi connectivity index (χ3v) is 2.40. The Balaban J connectivity index is 2.26. The second-order valence-electron chi connectivity index (χ2n) is 3.68. The zero-order valence-corrected chi connectivity index (χ0v) is 8.84. The summed E-state index contributed by atoms with van der Waals surface area (Å²) in [7, 11) is 1.51. The van der Waals surface area contributed by atoms with Crippen LogP contribution in [0.2, 0.25) is 0 Å². The van der Waals surface area contributed by atoms with E-state index in [1.807, 2.05) is 6.92 Å². The minimum absolute atomic E-state index is 0.0520. The monoisotopic (exact) mass is 211 g/mol. The Morgan fingerprint density at radius 1 is 1.40 bits per heavy atom. The summed E-state index contributed by atoms with van der Waals surface area (Å²) in [5.74, 6) is 0.313. The van der Waals surface area contributed by atoms with Crippen LogP contribution in [-0.2, 0) is 0 Å². The molecule has 0 aliphatic carbocycles. The minimum atomic E-state index is -0.362. The van der Waals surface area contributed by atoms with Gasteiger partial charge < -0.3 is 14.8 Å². The molecule has 1 fully saturated rings. The van der Waals surface area contributed by atoms with Crippen LogP contribution in [0.25, 0.3) is 0 Å². The highest BCUT2D eigenvalue weighted by atomic mass is 19.1. The van der Waals surface area contributed by atoms with Gasteiger partial charge in [-0.3, -0.25) is 0 Å². The van der Waals surface area contributed by atoms with Gasteiger partial charge in [0.25, 0.3) is 0 Å². The smallest absolute Gasteiger partial charge is 0.197 e. The van der Waals surface area contributed by atoms with Gasteiger partial charge in [-0.15, -0.1) is 0 Å². The summed E-state index contributed by atoms with van der Waals surface area (Å²) in [6.07, 6.45) is 0.0520. The first-order chi connectivity index (χ1) is 7.20. The van der Waals surface area contributed by atoms with Gasteiger partial charge in [0.15, 0.2) is 17.3 Å². The van der Waals surface area contributed by atoms with Gasteiger partial charge in [0.05, 0.1) is 7.11 Å². The van der Waals surface area contributed by atoms with Gasteiger partial charge in [-0.2, -0.15) is 0 Å². The van der Waals surface area contributed by atoms with Gasteiger partial charge in [-0.1, -0.05) is 0 Å². The second kappa shape index (κ2) is 4.06. The van der Waals surface area contributed by atoms with Crippen LogP contribution in [0.15, 0.2) is 12.1 Å². The van der Waals surface area contributed by atoms with Crippen molar-refractivity contribution in [3.8, 4) is 11.5 Å². The number of methoxy groups -OCH3 is 1. The van der Waals surface area contributed by atoms with Crippen LogP contribution >= 0.6 is 0 Å². The van der Waals surface area contributed by atoms with Crippen molar-refractivity contribution in [1.29, 1.82) is 0 Å². The van der Waals surface area contributed by atoms with Crippen molar-refractivity contribution >= 4 is 0 Å². The molecule has 1 N–H and O–H groups in total. The van der Waals surface area contributed by atoms with Gasteiger partial charge in [0.1, 0.15) is 6.10 Å². The Labute approximate surface area is 88.2 Å². The van der Waals surface area contributed by atoms with Crippen LogP contribution in [0.3, 0.4) is 0 Å². The molecule has 1 aliphatic rings. The van der Waals surface area contributed by atoms with E-state index in [1.54, 1.807) is 6.07 Å². The maximum absolute atomic E-state index is 13.6. The molecule has 0 saturated carbocycles. The Bertz CT molecular complexity index is 364. The number of ether oxygens (including phenoxy) is 2. The van der Waals surface area contributed by atoms with Gasteiger partial charge >= 0.3 is 0 Å². The van der Waals surface area contributed by atoms with Gasteiger partial charge in [0, 0.05) is 13.1 Å². The maximum atomic E-state index is 13.6. The number of aryl methyl sites for hydroxylation is 1. The molecule has 0 amide bonds. The zero-order valence-electron chi connectivity index (χ0n) is 8.84. The predicted molar refractivity (Wildman–Crippen MR) is 55.0 cm³/mol. The Morgan fingerprint density at radius 3 is 2.67 bits per heavy atom. The van der Waals surface area contributed by atoms with Crippen LogP contribution < -0.4 is 14.8 Å². The lowest BCUT2D eigenvalue weighted by Gasteiger charge is -2.28. The summed E-state index contributed by atoms with van der Waals surface area (Å²) < 4.78 is 24.2. The van der Waals surface area contributed by atoms with Crippen molar-refractivity contribution in [2.45, 2.75) is 13.0 Å². The lowest BCUT2D eigenvalue weighted by atomic mass is 10.2. The topological polar surface area (TPSA) is 30.5 Å². The Hall–Kier alpha value is -1.29. The minimum Gasteiger partial charge on any atom is -0.493 e. The summed E-state index contributed by atoms with van der Waals surface area (Å²) in [6, 6.07) is 3.22. The quantitative estimate of drug-likeness (QED) is 0.821. The number of halogens is 1. The summed E-state index contributed by atoms with van der Waals surface area (Å²) in [4.78, 5) is 0. The molecule has 3 nitrogen and oxygen atoms in total. The molecule has 1 saturated heterocycles. The Kier molecular flexibility index (Phi) is 2.77. The second-order valence-corrected chi connectivity index (χ2v) is 3.68. The van der Waals surface area contributed by atoms with Crippen LogP contribution in [-0.4, -0.2) is 26.3 Å². The highest BCUT2D eigenvalue weighted by Gasteiger charge is 2.22. The fraction of sp³-hybridized carbons (Fsp3) is 0.455. The zero-order chi connectivity index (χ0) is 10.8. The highest BCUT2D eigenvalue weighted by Crippen LogP contribution is 2.32. The summed E-state index contributed by atoms with van der Waals surface area (Å²) >= 11 is 0. The van der Waals surface area contributed by atoms with Crippen molar-refractivity contribution in [2.24, 2.45) is 0 Å². The van der Waals surface area contributed by atoms with E-state index in [0.29, 0.717) is 5.75 Å². The number of hydrogen-bond acceptors (Lipinski definition) is 3. The molecule has 15 heavy (non-hydrogen) atoms. The normalized spacial score (nSPS) is 15.9. The van der Waals surface area contributed by atoms with E-state index >= 15 is 0 Å². The highest BCUT2D eigenvalue weighted by molar-refractivity contribution is 5.44. The molecule has 0 radical (unpaired) electrons. The van der Waals surface area contributed by atoms with E-state index < -0.39 is 0 Å². The summed E-state index contributed by atoms with van der Waals surface area (Å²) in [6.45, 7) is 3.34. The lowest BCUT2D eigenvalue weighted by Crippen LogP contribution is -2.50. The molecule has 1 aromatic rings. The molecule has 1 aromatic carbocycles. The van der Waals surface area contributed by atoms with Crippen LogP contribution in [0.5, 0.6) is 11.5 Å². The summed E-state index contributed by atoms with van der Waals surface area (Å²) in [5, 5.41) is 3.06. The number of hydrogen-bond donors (Lipinski definition) is 1. The molecule has 4 heteroatoms. The molecule has 0 unspecified atom stereocenters. The van der Waals surface area contributed by atoms with Crippen molar-refractivity contribution in [3.63, 3.8) is 0 Å². The molecule has 0 aromatic heterocycles. The van der Waals surface area contributed by atoms with Gasteiger partial charge in [-0.25, -0.2) is 4.39 Å². The van der Waals surface area contributed by atoms with E-state index in [4.69, 9.17) is 9.47 Å². The van der Waals surface area contributed by atoms with Crippen molar-refractivity contribution < 1.29 is 13.9 Å². The van der Waals surface area contributed by atoms with Gasteiger partial charge in [0.2, 0.25) is 0 Å². The number of nitrogens with one attached hydrogen (secondary N) is 1. The molecule has 2 rings (SSSR count). The molecule has 0 spiro atoms. The van der Waals surface area contributed by atoms with E-state index in [0.717, 1.165) is 18.7 Å². The van der Waals surface area contributed by atoms with Crippen molar-refractivity contribution in [2.75, 3.05) is 20.2 Å². The molecule has 0 atom stereocenters. The van der Waals surface area contributed by atoms with E-state index in [-0.39, 0.29) is 17.7 Å². The third kappa shape index (κ3) is 2.04. The maximum Gasteiger partial charge on any atom is 0.197 e. The fourth-order valence-electron chi connectivity index (χ4n) is 1.48. The van der Waals surface area contributed by atoms with Crippen molar-refractivity contribution in [1.82, 2.24) is 5.32 Å². The number of benzene rings is 1. The first-order valence-corrected chi connectivity index (χ1v) is 4.92. The summed E-state index contributed by atoms with van der Waals surface area (Å²) in [5.41, 5.74) is 0.823. The van der Waals surface area contributed by atoms with E-state index in [9.17, 15) is 4.39 Å². The average Bonchev–Trinajstić information content (AvgIpc) is 2.12. The Morgan fingerprint density at radius 2 is 2.13 bits per heavy atom. The SMILES string of the molecule is COc1cc(C)cc(F)c1OC1CNC1. The molecular weight excluding hydrogens is 197 g/mol. The molecule has 1 aliphatic heterocycles. The van der Waals surface area contributed by atoms with E-state index in [2.05, 4.69) is 5.32 Å². The van der Waals surface area contributed by atoms with E-state index in [1.165, 1.54) is 13.2 Å². The van der Waals surface area contributed by atoms with Crippen LogP contribution in [0.4, 0.5) is 4.39 Å². The third-order valence-electron chi connectivity index (χ3n) is 2.40. The lowest BCUT2D eigenvalue weighted by molar-refractivity contribution is 0.131.